The van der Waals surface area contributed by atoms with Crippen molar-refractivity contribution in [2.45, 2.75) is 6.92 Å². The van der Waals surface area contributed by atoms with Gasteiger partial charge in [-0.05, 0) is 31.2 Å². The van der Waals surface area contributed by atoms with Crippen molar-refractivity contribution >= 4 is 23.5 Å². The summed E-state index contributed by atoms with van der Waals surface area (Å²) >= 11 is 1.60. The first-order chi connectivity index (χ1) is 8.80. The third-order valence-corrected chi connectivity index (χ3v) is 3.58. The normalized spacial score (nSPS) is 10.1. The molecule has 0 aliphatic carbocycles. The van der Waals surface area contributed by atoms with Gasteiger partial charge < -0.3 is 4.74 Å². The van der Waals surface area contributed by atoms with Crippen molar-refractivity contribution in [2.75, 3.05) is 6.61 Å². The van der Waals surface area contributed by atoms with E-state index in [1.165, 1.54) is 0 Å². The first-order valence-corrected chi connectivity index (χ1v) is 6.59. The second-order valence-corrected chi connectivity index (χ2v) is 4.64. The van der Waals surface area contributed by atoms with Crippen LogP contribution >= 0.6 is 11.3 Å². The van der Waals surface area contributed by atoms with E-state index in [1.54, 1.807) is 17.4 Å². The monoisotopic (exact) mass is 257 g/mol. The topological polar surface area (TPSA) is 22.1 Å². The summed E-state index contributed by atoms with van der Waals surface area (Å²) in [6.45, 7) is 10.2. The summed E-state index contributed by atoms with van der Waals surface area (Å²) in [5.41, 5.74) is 1.89. The summed E-state index contributed by atoms with van der Waals surface area (Å²) in [4.78, 5) is 5.60. The fourth-order valence-corrected chi connectivity index (χ4v) is 2.62. The first-order valence-electron chi connectivity index (χ1n) is 5.78. The summed E-state index contributed by atoms with van der Waals surface area (Å²) in [5, 5.41) is 0.934. The molecule has 2 nitrogen and oxygen atoms in total. The highest BCUT2D eigenvalue weighted by Gasteiger charge is 2.12. The second-order valence-electron chi connectivity index (χ2n) is 3.61. The molecule has 1 heterocycles. The zero-order valence-corrected chi connectivity index (χ0v) is 11.2. The van der Waals surface area contributed by atoms with Gasteiger partial charge in [-0.1, -0.05) is 25.3 Å². The molecule has 92 valence electrons. The fraction of sp³-hybridized carbons (Fsp3) is 0.133. The van der Waals surface area contributed by atoms with Crippen LogP contribution in [0.4, 0.5) is 0 Å². The van der Waals surface area contributed by atoms with Crippen molar-refractivity contribution in [3.05, 3.63) is 48.0 Å². The summed E-state index contributed by atoms with van der Waals surface area (Å²) < 4.78 is 5.62. The highest BCUT2D eigenvalue weighted by Crippen LogP contribution is 2.35. The van der Waals surface area contributed by atoms with Crippen molar-refractivity contribution in [2.24, 2.45) is 0 Å². The second kappa shape index (κ2) is 5.65. The van der Waals surface area contributed by atoms with Crippen LogP contribution in [-0.4, -0.2) is 11.6 Å². The van der Waals surface area contributed by atoms with Crippen LogP contribution in [0.3, 0.4) is 0 Å². The number of hydrogen-bond acceptors (Lipinski definition) is 3. The van der Waals surface area contributed by atoms with Gasteiger partial charge in [0.05, 0.1) is 22.7 Å². The standard InChI is InChI=1S/C15H15NOS/c1-4-12-14(5-2)18-15(16-12)11-9-7-8-10-13(11)17-6-3/h4-5,7-10H,1-2,6H2,3H3. The molecule has 3 heteroatoms. The third kappa shape index (κ3) is 2.36. The largest absolute Gasteiger partial charge is 0.493 e. The lowest BCUT2D eigenvalue weighted by Gasteiger charge is -2.07. The minimum atomic E-state index is 0.644. The zero-order chi connectivity index (χ0) is 13.0. The van der Waals surface area contributed by atoms with Gasteiger partial charge in [-0.2, -0.15) is 0 Å². The van der Waals surface area contributed by atoms with Gasteiger partial charge in [0.1, 0.15) is 10.8 Å². The van der Waals surface area contributed by atoms with E-state index in [9.17, 15) is 0 Å². The molecule has 0 saturated carbocycles. The van der Waals surface area contributed by atoms with E-state index >= 15 is 0 Å². The average molecular weight is 257 g/mol. The smallest absolute Gasteiger partial charge is 0.129 e. The van der Waals surface area contributed by atoms with Gasteiger partial charge in [0.25, 0.3) is 0 Å². The molecule has 2 aromatic rings. The van der Waals surface area contributed by atoms with Crippen molar-refractivity contribution in [1.29, 1.82) is 0 Å². The van der Waals surface area contributed by atoms with Crippen molar-refractivity contribution in [1.82, 2.24) is 4.98 Å². The maximum Gasteiger partial charge on any atom is 0.129 e. The van der Waals surface area contributed by atoms with E-state index in [1.807, 2.05) is 37.3 Å². The van der Waals surface area contributed by atoms with Crippen LogP contribution in [0.2, 0.25) is 0 Å². The van der Waals surface area contributed by atoms with E-state index in [-0.39, 0.29) is 0 Å². The first kappa shape index (κ1) is 12.6. The van der Waals surface area contributed by atoms with Crippen LogP contribution in [-0.2, 0) is 0 Å². The Bertz CT molecular complexity index is 546. The van der Waals surface area contributed by atoms with E-state index in [2.05, 4.69) is 18.1 Å². The van der Waals surface area contributed by atoms with Crippen LogP contribution in [0, 0.1) is 0 Å². The number of aromatic nitrogens is 1. The van der Waals surface area contributed by atoms with Gasteiger partial charge in [0, 0.05) is 0 Å². The average Bonchev–Trinajstić information content (AvgIpc) is 2.83. The molecule has 0 aliphatic rings. The molecule has 18 heavy (non-hydrogen) atoms. The fourth-order valence-electron chi connectivity index (χ4n) is 1.68. The SMILES string of the molecule is C=Cc1nc(-c2ccccc2OCC)sc1C=C. The van der Waals surface area contributed by atoms with Gasteiger partial charge in [-0.15, -0.1) is 11.3 Å². The molecule has 0 radical (unpaired) electrons. The van der Waals surface area contributed by atoms with Crippen molar-refractivity contribution in [3.8, 4) is 16.3 Å². The molecular formula is C15H15NOS. The van der Waals surface area contributed by atoms with Crippen LogP contribution in [0.5, 0.6) is 5.75 Å². The van der Waals surface area contributed by atoms with Crippen LogP contribution in [0.1, 0.15) is 17.5 Å². The Morgan fingerprint density at radius 2 is 2.06 bits per heavy atom. The predicted octanol–water partition coefficient (Wildman–Crippen LogP) is 4.49. The molecule has 0 N–H and O–H groups in total. The van der Waals surface area contributed by atoms with Gasteiger partial charge in [-0.3, -0.25) is 0 Å². The minimum absolute atomic E-state index is 0.644. The summed E-state index contributed by atoms with van der Waals surface area (Å²) in [7, 11) is 0. The number of benzene rings is 1. The number of rotatable bonds is 5. The van der Waals surface area contributed by atoms with E-state index in [0.29, 0.717) is 6.61 Å². The number of hydrogen-bond donors (Lipinski definition) is 0. The number of nitrogens with zero attached hydrogens (tertiary/aromatic N) is 1. The zero-order valence-electron chi connectivity index (χ0n) is 10.3. The predicted molar refractivity (Wildman–Crippen MR) is 78.9 cm³/mol. The van der Waals surface area contributed by atoms with Crippen LogP contribution in [0.15, 0.2) is 37.4 Å². The Kier molecular flexibility index (Phi) is 3.95. The number of para-hydroxylation sites is 1. The molecule has 0 bridgehead atoms. The summed E-state index contributed by atoms with van der Waals surface area (Å²) in [6, 6.07) is 7.93. The highest BCUT2D eigenvalue weighted by molar-refractivity contribution is 7.16. The molecule has 0 amide bonds. The van der Waals surface area contributed by atoms with Gasteiger partial charge >= 0.3 is 0 Å². The van der Waals surface area contributed by atoms with E-state index in [4.69, 9.17) is 4.74 Å². The maximum atomic E-state index is 5.62. The van der Waals surface area contributed by atoms with Gasteiger partial charge in [0.15, 0.2) is 0 Å². The van der Waals surface area contributed by atoms with Crippen LogP contribution < -0.4 is 4.74 Å². The molecule has 1 aromatic carbocycles. The molecule has 0 atom stereocenters. The quantitative estimate of drug-likeness (QED) is 0.787. The molecule has 2 rings (SSSR count). The van der Waals surface area contributed by atoms with E-state index < -0.39 is 0 Å². The Labute approximate surface area is 111 Å². The Morgan fingerprint density at radius 3 is 2.67 bits per heavy atom. The lowest BCUT2D eigenvalue weighted by atomic mass is 10.2. The maximum absolute atomic E-state index is 5.62. The Balaban J connectivity index is 2.51. The van der Waals surface area contributed by atoms with Crippen molar-refractivity contribution < 1.29 is 4.74 Å². The highest BCUT2D eigenvalue weighted by atomic mass is 32.1. The molecular weight excluding hydrogens is 242 g/mol. The summed E-state index contributed by atoms with van der Waals surface area (Å²) in [5.74, 6) is 0.861. The van der Waals surface area contributed by atoms with Gasteiger partial charge in [0.2, 0.25) is 0 Å². The number of thiazole rings is 1. The lowest BCUT2D eigenvalue weighted by molar-refractivity contribution is 0.341. The van der Waals surface area contributed by atoms with Crippen LogP contribution in [0.25, 0.3) is 22.7 Å². The Morgan fingerprint density at radius 1 is 1.28 bits per heavy atom. The third-order valence-electron chi connectivity index (χ3n) is 2.48. The molecule has 0 aliphatic heterocycles. The summed E-state index contributed by atoms with van der Waals surface area (Å²) in [6.07, 6.45) is 3.56. The molecule has 0 spiro atoms. The minimum Gasteiger partial charge on any atom is -0.493 e. The molecule has 0 unspecified atom stereocenters. The van der Waals surface area contributed by atoms with E-state index in [0.717, 1.165) is 26.9 Å². The van der Waals surface area contributed by atoms with Gasteiger partial charge in [-0.25, -0.2) is 4.98 Å². The number of ether oxygens (including phenoxy) is 1. The molecule has 0 saturated heterocycles. The lowest BCUT2D eigenvalue weighted by Crippen LogP contribution is -1.93. The van der Waals surface area contributed by atoms with Crippen molar-refractivity contribution in [3.63, 3.8) is 0 Å². The molecule has 1 aromatic heterocycles. The molecule has 0 fully saturated rings. The Hall–Kier alpha value is -1.87.